The lowest BCUT2D eigenvalue weighted by Gasteiger charge is -2.34. The number of alkyl halides is 3. The number of nitrogens with zero attached hydrogens (tertiary/aromatic N) is 2. The van der Waals surface area contributed by atoms with E-state index in [2.05, 4.69) is 0 Å². The Morgan fingerprint density at radius 1 is 1.29 bits per heavy atom. The Hall–Kier alpha value is -2.44. The maximum Gasteiger partial charge on any atom is 0.417 e. The molecule has 0 saturated carbocycles. The number of hydrogen-bond acceptors (Lipinski definition) is 5. The van der Waals surface area contributed by atoms with E-state index in [9.17, 15) is 27.9 Å². The molecule has 3 aliphatic heterocycles. The van der Waals surface area contributed by atoms with Crippen molar-refractivity contribution in [1.29, 1.82) is 5.26 Å². The summed E-state index contributed by atoms with van der Waals surface area (Å²) in [4.78, 5) is 26.9. The molecule has 148 valence electrons. The summed E-state index contributed by atoms with van der Waals surface area (Å²) >= 11 is 0. The second kappa shape index (κ2) is 5.55. The summed E-state index contributed by atoms with van der Waals surface area (Å²) in [6, 6.07) is 4.26. The number of rotatable bonds is 2. The summed E-state index contributed by atoms with van der Waals surface area (Å²) < 4.78 is 45.9. The standard InChI is InChI=1S/C19H17F3N2O4/c1-17-6-10(8-25)18(2,28-17)14-13(17)15(26)24(16(14)27)11-4-3-9(7-23)12(5-11)19(20,21)22/h3-5,10,13-14,25H,6,8H2,1-2H3/t10-,13+,14-,17?,18?/m0/s1. The molecule has 2 bridgehead atoms. The van der Waals surface area contributed by atoms with Crippen molar-refractivity contribution in [3.63, 3.8) is 0 Å². The van der Waals surface area contributed by atoms with Gasteiger partial charge in [-0.15, -0.1) is 0 Å². The van der Waals surface area contributed by atoms with Crippen LogP contribution in [0.2, 0.25) is 0 Å². The van der Waals surface area contributed by atoms with E-state index >= 15 is 0 Å². The van der Waals surface area contributed by atoms with Gasteiger partial charge in [-0.1, -0.05) is 0 Å². The van der Waals surface area contributed by atoms with Crippen molar-refractivity contribution in [3.8, 4) is 6.07 Å². The summed E-state index contributed by atoms with van der Waals surface area (Å²) in [5.74, 6) is -3.30. The number of nitriles is 1. The van der Waals surface area contributed by atoms with Crippen molar-refractivity contribution >= 4 is 17.5 Å². The molecule has 9 heteroatoms. The Bertz CT molecular complexity index is 940. The maximum atomic E-state index is 13.3. The third-order valence-corrected chi connectivity index (χ3v) is 6.40. The van der Waals surface area contributed by atoms with Gasteiger partial charge in [-0.3, -0.25) is 9.59 Å². The minimum absolute atomic E-state index is 0.216. The highest BCUT2D eigenvalue weighted by Crippen LogP contribution is 2.63. The van der Waals surface area contributed by atoms with Crippen molar-refractivity contribution in [3.05, 3.63) is 29.3 Å². The first kappa shape index (κ1) is 18.9. The minimum Gasteiger partial charge on any atom is -0.396 e. The van der Waals surface area contributed by atoms with E-state index in [1.54, 1.807) is 13.8 Å². The fourth-order valence-electron chi connectivity index (χ4n) is 5.19. The van der Waals surface area contributed by atoms with Crippen molar-refractivity contribution in [2.45, 2.75) is 37.6 Å². The highest BCUT2D eigenvalue weighted by Gasteiger charge is 2.75. The Morgan fingerprint density at radius 2 is 1.93 bits per heavy atom. The quantitative estimate of drug-likeness (QED) is 0.777. The Balaban J connectivity index is 1.80. The van der Waals surface area contributed by atoms with Gasteiger partial charge in [0.25, 0.3) is 0 Å². The van der Waals surface area contributed by atoms with Crippen LogP contribution >= 0.6 is 0 Å². The van der Waals surface area contributed by atoms with Gasteiger partial charge >= 0.3 is 6.18 Å². The predicted molar refractivity (Wildman–Crippen MR) is 88.7 cm³/mol. The smallest absolute Gasteiger partial charge is 0.396 e. The zero-order valence-corrected chi connectivity index (χ0v) is 15.1. The second-order valence-corrected chi connectivity index (χ2v) is 7.99. The molecule has 0 aromatic heterocycles. The predicted octanol–water partition coefficient (Wildman–Crippen LogP) is 2.24. The number of fused-ring (bicyclic) bond motifs is 5. The summed E-state index contributed by atoms with van der Waals surface area (Å²) in [7, 11) is 0. The largest absolute Gasteiger partial charge is 0.417 e. The van der Waals surface area contributed by atoms with Gasteiger partial charge in [0.1, 0.15) is 0 Å². The van der Waals surface area contributed by atoms with Crippen LogP contribution in [-0.2, 0) is 20.5 Å². The van der Waals surface area contributed by atoms with Gasteiger partial charge in [0, 0.05) is 12.5 Å². The molecule has 1 aromatic rings. The zero-order chi connectivity index (χ0) is 20.6. The number of ether oxygens (including phenoxy) is 1. The molecule has 5 atom stereocenters. The molecule has 2 amide bonds. The van der Waals surface area contributed by atoms with Gasteiger partial charge in [-0.05, 0) is 38.5 Å². The summed E-state index contributed by atoms with van der Waals surface area (Å²) in [5.41, 5.74) is -4.03. The van der Waals surface area contributed by atoms with E-state index < -0.39 is 52.2 Å². The van der Waals surface area contributed by atoms with Crippen molar-refractivity contribution in [2.75, 3.05) is 11.5 Å². The van der Waals surface area contributed by atoms with Crippen LogP contribution in [0.4, 0.5) is 18.9 Å². The molecule has 1 aromatic carbocycles. The number of hydrogen-bond donors (Lipinski definition) is 1. The van der Waals surface area contributed by atoms with E-state index in [1.807, 2.05) is 0 Å². The molecule has 3 aliphatic rings. The molecule has 4 rings (SSSR count). The number of aliphatic hydroxyl groups excluding tert-OH is 1. The third-order valence-electron chi connectivity index (χ3n) is 6.40. The number of carbonyl (C=O) groups is 2. The molecule has 3 saturated heterocycles. The van der Waals surface area contributed by atoms with Gasteiger partial charge in [0.15, 0.2) is 0 Å². The average Bonchev–Trinajstić information content (AvgIpc) is 3.14. The van der Waals surface area contributed by atoms with Crippen molar-refractivity contribution in [1.82, 2.24) is 0 Å². The SMILES string of the molecule is CC12C[C@@H](CO)C(C)(O1)[C@@H]1C(=O)N(c3ccc(C#N)c(C(F)(F)F)c3)C(=O)[C@@H]12. The molecular formula is C19H17F3N2O4. The van der Waals surface area contributed by atoms with Gasteiger partial charge < -0.3 is 9.84 Å². The van der Waals surface area contributed by atoms with Crippen molar-refractivity contribution in [2.24, 2.45) is 17.8 Å². The highest BCUT2D eigenvalue weighted by molar-refractivity contribution is 6.23. The molecule has 0 spiro atoms. The van der Waals surface area contributed by atoms with Gasteiger partial charge in [-0.2, -0.15) is 18.4 Å². The number of halogens is 3. The Labute approximate surface area is 158 Å². The van der Waals surface area contributed by atoms with Gasteiger partial charge in [0.2, 0.25) is 11.8 Å². The molecule has 3 fully saturated rings. The molecular weight excluding hydrogens is 377 g/mol. The fourth-order valence-corrected chi connectivity index (χ4v) is 5.19. The number of anilines is 1. The molecule has 3 heterocycles. The minimum atomic E-state index is -4.80. The average molecular weight is 394 g/mol. The molecule has 6 nitrogen and oxygen atoms in total. The number of imide groups is 1. The monoisotopic (exact) mass is 394 g/mol. The van der Waals surface area contributed by atoms with E-state index in [0.29, 0.717) is 12.5 Å². The zero-order valence-electron chi connectivity index (χ0n) is 15.1. The normalized spacial score (nSPS) is 36.8. The summed E-state index contributed by atoms with van der Waals surface area (Å²) in [6.07, 6.45) is -4.42. The summed E-state index contributed by atoms with van der Waals surface area (Å²) in [6.45, 7) is 3.14. The maximum absolute atomic E-state index is 13.3. The van der Waals surface area contributed by atoms with Crippen LogP contribution in [-0.4, -0.2) is 34.7 Å². The van der Waals surface area contributed by atoms with E-state index in [4.69, 9.17) is 10.00 Å². The highest BCUT2D eigenvalue weighted by atomic mass is 19.4. The molecule has 28 heavy (non-hydrogen) atoms. The number of aliphatic hydroxyl groups is 1. The van der Waals surface area contributed by atoms with E-state index in [1.165, 1.54) is 12.1 Å². The second-order valence-electron chi connectivity index (χ2n) is 7.99. The lowest BCUT2D eigenvalue weighted by molar-refractivity contribution is -0.138. The van der Waals surface area contributed by atoms with Gasteiger partial charge in [0.05, 0.1) is 45.9 Å². The lowest BCUT2D eigenvalue weighted by atomic mass is 9.64. The number of benzene rings is 1. The Kier molecular flexibility index (Phi) is 3.75. The van der Waals surface area contributed by atoms with Crippen LogP contribution in [0.15, 0.2) is 18.2 Å². The lowest BCUT2D eigenvalue weighted by Crippen LogP contribution is -2.47. The first-order valence-corrected chi connectivity index (χ1v) is 8.78. The number of carbonyl (C=O) groups excluding carboxylic acids is 2. The third kappa shape index (κ3) is 2.22. The van der Waals surface area contributed by atoms with Crippen LogP contribution in [0, 0.1) is 29.1 Å². The van der Waals surface area contributed by atoms with Crippen LogP contribution in [0.3, 0.4) is 0 Å². The topological polar surface area (TPSA) is 90.6 Å². The van der Waals surface area contributed by atoms with Crippen LogP contribution < -0.4 is 4.90 Å². The van der Waals surface area contributed by atoms with Gasteiger partial charge in [-0.25, -0.2) is 4.90 Å². The first-order chi connectivity index (χ1) is 13.0. The van der Waals surface area contributed by atoms with Crippen LogP contribution in [0.1, 0.15) is 31.4 Å². The van der Waals surface area contributed by atoms with E-state index in [-0.39, 0.29) is 18.2 Å². The van der Waals surface area contributed by atoms with Crippen LogP contribution in [0.25, 0.3) is 0 Å². The van der Waals surface area contributed by atoms with E-state index in [0.717, 1.165) is 11.0 Å². The summed E-state index contributed by atoms with van der Waals surface area (Å²) in [5, 5.41) is 18.6. The molecule has 1 N–H and O–H groups in total. The first-order valence-electron chi connectivity index (χ1n) is 8.78. The molecule has 0 aliphatic carbocycles. The Morgan fingerprint density at radius 3 is 2.50 bits per heavy atom. The molecule has 0 radical (unpaired) electrons. The van der Waals surface area contributed by atoms with Crippen molar-refractivity contribution < 1.29 is 32.6 Å². The molecule has 2 unspecified atom stereocenters. The fraction of sp³-hybridized carbons (Fsp3) is 0.526. The van der Waals surface area contributed by atoms with Crippen LogP contribution in [0.5, 0.6) is 0 Å². The number of amides is 2.